The quantitative estimate of drug-likeness (QED) is 0.279. The summed E-state index contributed by atoms with van der Waals surface area (Å²) < 4.78 is 25.3. The number of hydrogen-bond acceptors (Lipinski definition) is 4. The molecule has 6 heteroatoms. The molecule has 5 nitrogen and oxygen atoms in total. The van der Waals surface area contributed by atoms with E-state index in [-0.39, 0.29) is 11.7 Å². The van der Waals surface area contributed by atoms with Crippen LogP contribution in [0, 0.1) is 11.7 Å². The monoisotopic (exact) mass is 496 g/mol. The summed E-state index contributed by atoms with van der Waals surface area (Å²) in [6.07, 6.45) is 2.74. The summed E-state index contributed by atoms with van der Waals surface area (Å²) in [6.45, 7) is 2.89. The topological polar surface area (TPSA) is 51.7 Å². The molecule has 188 valence electrons. The van der Waals surface area contributed by atoms with Gasteiger partial charge in [-0.1, -0.05) is 42.5 Å². The van der Waals surface area contributed by atoms with Gasteiger partial charge in [0, 0.05) is 30.8 Å². The van der Waals surface area contributed by atoms with E-state index in [2.05, 4.69) is 4.98 Å². The Morgan fingerprint density at radius 2 is 1.78 bits per heavy atom. The Balaban J connectivity index is 1.37. The van der Waals surface area contributed by atoms with Crippen LogP contribution in [-0.4, -0.2) is 35.6 Å². The molecule has 1 unspecified atom stereocenters. The van der Waals surface area contributed by atoms with E-state index in [0.717, 1.165) is 47.8 Å². The van der Waals surface area contributed by atoms with Crippen molar-refractivity contribution in [2.24, 2.45) is 5.92 Å². The van der Waals surface area contributed by atoms with Crippen LogP contribution in [0.25, 0.3) is 11.1 Å². The molecule has 0 bridgehead atoms. The van der Waals surface area contributed by atoms with Crippen LogP contribution in [0.4, 0.5) is 4.39 Å². The van der Waals surface area contributed by atoms with E-state index >= 15 is 0 Å². The molecule has 0 spiro atoms. The van der Waals surface area contributed by atoms with Gasteiger partial charge in [-0.15, -0.1) is 0 Å². The largest absolute Gasteiger partial charge is 0.493 e. The van der Waals surface area contributed by atoms with E-state index in [1.807, 2.05) is 66.7 Å². The van der Waals surface area contributed by atoms with Gasteiger partial charge in [-0.25, -0.2) is 4.39 Å². The van der Waals surface area contributed by atoms with Gasteiger partial charge in [-0.05, 0) is 71.6 Å². The molecule has 37 heavy (non-hydrogen) atoms. The maximum Gasteiger partial charge on any atom is 0.254 e. The highest BCUT2D eigenvalue weighted by molar-refractivity contribution is 5.95. The summed E-state index contributed by atoms with van der Waals surface area (Å²) in [4.78, 5) is 20.0. The minimum atomic E-state index is -0.312. The second kappa shape index (κ2) is 11.8. The molecule has 0 radical (unpaired) electrons. The van der Waals surface area contributed by atoms with E-state index in [1.165, 1.54) is 12.1 Å². The summed E-state index contributed by atoms with van der Waals surface area (Å²) in [5.41, 5.74) is 3.81. The number of benzene rings is 3. The number of hydrogen-bond donors (Lipinski definition) is 0. The first kappa shape index (κ1) is 24.7. The predicted molar refractivity (Wildman–Crippen MR) is 141 cm³/mol. The van der Waals surface area contributed by atoms with E-state index < -0.39 is 0 Å². The van der Waals surface area contributed by atoms with Gasteiger partial charge < -0.3 is 14.4 Å². The molecular weight excluding hydrogens is 467 g/mol. The maximum absolute atomic E-state index is 13.8. The Morgan fingerprint density at radius 3 is 2.57 bits per heavy atom. The average Bonchev–Trinajstić information content (AvgIpc) is 3.46. The normalized spacial score (nSPS) is 14.9. The number of halogens is 1. The van der Waals surface area contributed by atoms with Crippen LogP contribution >= 0.6 is 0 Å². The molecule has 5 rings (SSSR count). The number of ether oxygens (including phenoxy) is 2. The molecule has 0 N–H and O–H groups in total. The van der Waals surface area contributed by atoms with Gasteiger partial charge >= 0.3 is 0 Å². The summed E-state index contributed by atoms with van der Waals surface area (Å²) in [5, 5.41) is 0. The Morgan fingerprint density at radius 1 is 0.946 bits per heavy atom. The molecule has 1 atom stereocenters. The molecule has 1 saturated heterocycles. The van der Waals surface area contributed by atoms with Gasteiger partial charge in [-0.2, -0.15) is 0 Å². The van der Waals surface area contributed by atoms with Crippen molar-refractivity contribution in [1.29, 1.82) is 0 Å². The third kappa shape index (κ3) is 6.60. The number of pyridine rings is 1. The predicted octanol–water partition coefficient (Wildman–Crippen LogP) is 6.15. The van der Waals surface area contributed by atoms with Gasteiger partial charge in [0.2, 0.25) is 0 Å². The molecule has 1 fully saturated rings. The van der Waals surface area contributed by atoms with Crippen molar-refractivity contribution < 1.29 is 18.7 Å². The van der Waals surface area contributed by atoms with Crippen molar-refractivity contribution in [3.05, 3.63) is 120 Å². The summed E-state index contributed by atoms with van der Waals surface area (Å²) in [7, 11) is 0. The Labute approximate surface area is 216 Å². The SMILES string of the molecule is O=C(c1cccc(-c2cccc(F)c2)c1)N(Cc1cccc(OCC2CCOC2)c1)Cc1ccccn1. The molecule has 1 aromatic heterocycles. The lowest BCUT2D eigenvalue weighted by Gasteiger charge is -2.23. The first-order chi connectivity index (χ1) is 18.1. The minimum absolute atomic E-state index is 0.127. The number of carbonyl (C=O) groups excluding carboxylic acids is 1. The number of carbonyl (C=O) groups is 1. The summed E-state index contributed by atoms with van der Waals surface area (Å²) >= 11 is 0. The van der Waals surface area contributed by atoms with E-state index in [9.17, 15) is 9.18 Å². The van der Waals surface area contributed by atoms with Gasteiger partial charge in [0.25, 0.3) is 5.91 Å². The van der Waals surface area contributed by atoms with Crippen molar-refractivity contribution >= 4 is 5.91 Å². The van der Waals surface area contributed by atoms with Crippen molar-refractivity contribution in [1.82, 2.24) is 9.88 Å². The van der Waals surface area contributed by atoms with Crippen molar-refractivity contribution in [3.63, 3.8) is 0 Å². The Kier molecular flexibility index (Phi) is 7.87. The molecule has 3 aromatic carbocycles. The fourth-order valence-electron chi connectivity index (χ4n) is 4.45. The third-order valence-electron chi connectivity index (χ3n) is 6.42. The van der Waals surface area contributed by atoms with Crippen LogP contribution in [0.5, 0.6) is 5.75 Å². The van der Waals surface area contributed by atoms with Crippen LogP contribution in [0.1, 0.15) is 28.0 Å². The molecule has 1 aliphatic heterocycles. The van der Waals surface area contributed by atoms with Gasteiger partial charge in [-0.3, -0.25) is 9.78 Å². The fourth-order valence-corrected chi connectivity index (χ4v) is 4.45. The molecule has 4 aromatic rings. The van der Waals surface area contributed by atoms with Crippen LogP contribution in [0.2, 0.25) is 0 Å². The average molecular weight is 497 g/mol. The first-order valence-electron chi connectivity index (χ1n) is 12.5. The van der Waals surface area contributed by atoms with Crippen molar-refractivity contribution in [3.8, 4) is 16.9 Å². The molecule has 2 heterocycles. The summed E-state index contributed by atoms with van der Waals surface area (Å²) in [5.74, 6) is 0.755. The fraction of sp³-hybridized carbons (Fsp3) is 0.226. The van der Waals surface area contributed by atoms with Crippen LogP contribution in [-0.2, 0) is 17.8 Å². The second-order valence-electron chi connectivity index (χ2n) is 9.26. The van der Waals surface area contributed by atoms with Gasteiger partial charge in [0.1, 0.15) is 11.6 Å². The van der Waals surface area contributed by atoms with E-state index in [1.54, 1.807) is 23.2 Å². The van der Waals surface area contributed by atoms with E-state index in [0.29, 0.717) is 31.2 Å². The zero-order chi connectivity index (χ0) is 25.5. The highest BCUT2D eigenvalue weighted by Gasteiger charge is 2.19. The molecule has 0 saturated carbocycles. The van der Waals surface area contributed by atoms with E-state index in [4.69, 9.17) is 9.47 Å². The van der Waals surface area contributed by atoms with Crippen molar-refractivity contribution in [2.75, 3.05) is 19.8 Å². The lowest BCUT2D eigenvalue weighted by Crippen LogP contribution is -2.30. The molecule has 1 amide bonds. The number of aromatic nitrogens is 1. The number of nitrogens with zero attached hydrogens (tertiary/aromatic N) is 2. The van der Waals surface area contributed by atoms with Crippen LogP contribution < -0.4 is 4.74 Å². The standard InChI is InChI=1S/C31H29FN2O3/c32-28-10-5-8-26(18-28)25-7-4-9-27(17-25)31(35)34(20-29-11-1-2-14-33-29)19-23-6-3-12-30(16-23)37-22-24-13-15-36-21-24/h1-12,14,16-18,24H,13,15,19-22H2. The summed E-state index contributed by atoms with van der Waals surface area (Å²) in [6, 6.07) is 27.2. The number of rotatable bonds is 9. The van der Waals surface area contributed by atoms with Crippen LogP contribution in [0.15, 0.2) is 97.2 Å². The zero-order valence-electron chi connectivity index (χ0n) is 20.6. The first-order valence-corrected chi connectivity index (χ1v) is 12.5. The lowest BCUT2D eigenvalue weighted by atomic mass is 10.0. The maximum atomic E-state index is 13.8. The Bertz CT molecular complexity index is 1340. The van der Waals surface area contributed by atoms with Gasteiger partial charge in [0.15, 0.2) is 0 Å². The van der Waals surface area contributed by atoms with Gasteiger partial charge in [0.05, 0.1) is 25.5 Å². The zero-order valence-corrected chi connectivity index (χ0v) is 20.6. The molecular formula is C31H29FN2O3. The number of amides is 1. The highest BCUT2D eigenvalue weighted by atomic mass is 19.1. The van der Waals surface area contributed by atoms with Crippen LogP contribution in [0.3, 0.4) is 0 Å². The highest BCUT2D eigenvalue weighted by Crippen LogP contribution is 2.24. The second-order valence-corrected chi connectivity index (χ2v) is 9.26. The molecule has 1 aliphatic rings. The lowest BCUT2D eigenvalue weighted by molar-refractivity contribution is 0.0727. The minimum Gasteiger partial charge on any atom is -0.493 e. The third-order valence-corrected chi connectivity index (χ3v) is 6.42. The molecule has 0 aliphatic carbocycles. The Hall–Kier alpha value is -4.03. The smallest absolute Gasteiger partial charge is 0.254 e. The van der Waals surface area contributed by atoms with Crippen molar-refractivity contribution in [2.45, 2.75) is 19.5 Å².